The summed E-state index contributed by atoms with van der Waals surface area (Å²) in [6.07, 6.45) is 1.69. The summed E-state index contributed by atoms with van der Waals surface area (Å²) in [6.45, 7) is 0. The van der Waals surface area contributed by atoms with Gasteiger partial charge in [-0.3, -0.25) is 4.98 Å². The van der Waals surface area contributed by atoms with Gasteiger partial charge in [0.2, 0.25) is 0 Å². The molecule has 0 bridgehead atoms. The van der Waals surface area contributed by atoms with Crippen molar-refractivity contribution in [1.29, 1.82) is 0 Å². The van der Waals surface area contributed by atoms with Gasteiger partial charge in [-0.25, -0.2) is 0 Å². The zero-order valence-corrected chi connectivity index (χ0v) is 11.6. The number of nitrogens with zero attached hydrogens (tertiary/aromatic N) is 1. The molecule has 0 spiro atoms. The average molecular weight is 277 g/mol. The number of rotatable bonds is 5. The normalized spacial score (nSPS) is 10.2. The average Bonchev–Trinajstić information content (AvgIpc) is 2.44. The molecule has 0 aliphatic carbocycles. The molecule has 19 heavy (non-hydrogen) atoms. The molecule has 4 nitrogen and oxygen atoms in total. The SMILES string of the molecule is COc1ccnc(CSc2cccc(O)c2)c1OC. The summed E-state index contributed by atoms with van der Waals surface area (Å²) in [7, 11) is 3.20. The first-order chi connectivity index (χ1) is 9.24. The number of thioether (sulfide) groups is 1. The molecule has 1 heterocycles. The number of hydrogen-bond donors (Lipinski definition) is 1. The van der Waals surface area contributed by atoms with Crippen LogP contribution in [0.15, 0.2) is 41.4 Å². The van der Waals surface area contributed by atoms with E-state index in [0.717, 1.165) is 10.6 Å². The van der Waals surface area contributed by atoms with E-state index in [-0.39, 0.29) is 5.75 Å². The fraction of sp³-hybridized carbons (Fsp3) is 0.214. The van der Waals surface area contributed by atoms with E-state index in [1.165, 1.54) is 0 Å². The van der Waals surface area contributed by atoms with E-state index >= 15 is 0 Å². The maximum Gasteiger partial charge on any atom is 0.183 e. The molecule has 1 aromatic heterocycles. The molecule has 0 amide bonds. The van der Waals surface area contributed by atoms with E-state index in [1.54, 1.807) is 50.4 Å². The Kier molecular flexibility index (Phi) is 4.52. The van der Waals surface area contributed by atoms with Crippen molar-refractivity contribution in [2.75, 3.05) is 14.2 Å². The topological polar surface area (TPSA) is 51.6 Å². The molecule has 0 radical (unpaired) electrons. The van der Waals surface area contributed by atoms with Crippen molar-refractivity contribution in [2.45, 2.75) is 10.6 Å². The summed E-state index contributed by atoms with van der Waals surface area (Å²) in [6, 6.07) is 8.89. The standard InChI is InChI=1S/C14H15NO3S/c1-17-13-6-7-15-12(14(13)18-2)9-19-11-5-3-4-10(16)8-11/h3-8,16H,9H2,1-2H3. The zero-order chi connectivity index (χ0) is 13.7. The van der Waals surface area contributed by atoms with E-state index in [0.29, 0.717) is 17.3 Å². The third-order valence-corrected chi connectivity index (χ3v) is 3.56. The first-order valence-electron chi connectivity index (χ1n) is 5.72. The van der Waals surface area contributed by atoms with Gasteiger partial charge in [0.1, 0.15) is 5.75 Å². The molecule has 0 aliphatic rings. The summed E-state index contributed by atoms with van der Waals surface area (Å²) >= 11 is 1.58. The molecule has 0 fully saturated rings. The summed E-state index contributed by atoms with van der Waals surface area (Å²) in [5, 5.41) is 9.42. The second-order valence-electron chi connectivity index (χ2n) is 3.78. The largest absolute Gasteiger partial charge is 0.508 e. The molecule has 0 atom stereocenters. The maximum absolute atomic E-state index is 9.42. The Morgan fingerprint density at radius 3 is 2.74 bits per heavy atom. The molecule has 100 valence electrons. The van der Waals surface area contributed by atoms with Gasteiger partial charge in [0, 0.05) is 22.9 Å². The number of aromatic hydroxyl groups is 1. The van der Waals surface area contributed by atoms with Crippen molar-refractivity contribution in [2.24, 2.45) is 0 Å². The quantitative estimate of drug-likeness (QED) is 0.851. The van der Waals surface area contributed by atoms with Crippen molar-refractivity contribution in [1.82, 2.24) is 4.98 Å². The fourth-order valence-corrected chi connectivity index (χ4v) is 2.57. The number of aromatic nitrogens is 1. The van der Waals surface area contributed by atoms with Gasteiger partial charge >= 0.3 is 0 Å². The number of benzene rings is 1. The van der Waals surface area contributed by atoms with Crippen LogP contribution >= 0.6 is 11.8 Å². The Morgan fingerprint density at radius 2 is 2.05 bits per heavy atom. The monoisotopic (exact) mass is 277 g/mol. The molecular weight excluding hydrogens is 262 g/mol. The lowest BCUT2D eigenvalue weighted by Crippen LogP contribution is -1.97. The van der Waals surface area contributed by atoms with Gasteiger partial charge in [-0.2, -0.15) is 0 Å². The lowest BCUT2D eigenvalue weighted by atomic mass is 10.3. The molecule has 0 aliphatic heterocycles. The van der Waals surface area contributed by atoms with Gasteiger partial charge in [0.05, 0.1) is 19.9 Å². The van der Waals surface area contributed by atoms with Gasteiger partial charge in [0.25, 0.3) is 0 Å². The molecule has 2 rings (SSSR count). The van der Waals surface area contributed by atoms with Crippen LogP contribution in [0.1, 0.15) is 5.69 Å². The first kappa shape index (κ1) is 13.5. The molecular formula is C14H15NO3S. The zero-order valence-electron chi connectivity index (χ0n) is 10.8. The number of phenolic OH excluding ortho intramolecular Hbond substituents is 1. The van der Waals surface area contributed by atoms with Crippen molar-refractivity contribution < 1.29 is 14.6 Å². The van der Waals surface area contributed by atoms with E-state index in [1.807, 2.05) is 12.1 Å². The van der Waals surface area contributed by atoms with Gasteiger partial charge in [-0.15, -0.1) is 11.8 Å². The molecule has 5 heteroatoms. The summed E-state index contributed by atoms with van der Waals surface area (Å²) < 4.78 is 10.6. The number of pyridine rings is 1. The minimum absolute atomic E-state index is 0.260. The molecule has 0 saturated carbocycles. The van der Waals surface area contributed by atoms with Crippen LogP contribution < -0.4 is 9.47 Å². The highest BCUT2D eigenvalue weighted by Crippen LogP contribution is 2.33. The summed E-state index contributed by atoms with van der Waals surface area (Å²) in [5.74, 6) is 2.22. The fourth-order valence-electron chi connectivity index (χ4n) is 1.68. The first-order valence-corrected chi connectivity index (χ1v) is 6.71. The van der Waals surface area contributed by atoms with Crippen LogP contribution in [0.25, 0.3) is 0 Å². The molecule has 1 N–H and O–H groups in total. The summed E-state index contributed by atoms with van der Waals surface area (Å²) in [5.41, 5.74) is 0.815. The number of phenols is 1. The maximum atomic E-state index is 9.42. The molecule has 0 saturated heterocycles. The van der Waals surface area contributed by atoms with Crippen LogP contribution in [0.2, 0.25) is 0 Å². The second kappa shape index (κ2) is 6.33. The molecule has 2 aromatic rings. The minimum atomic E-state index is 0.260. The second-order valence-corrected chi connectivity index (χ2v) is 4.83. The smallest absolute Gasteiger partial charge is 0.183 e. The van der Waals surface area contributed by atoms with E-state index < -0.39 is 0 Å². The van der Waals surface area contributed by atoms with Crippen LogP contribution in [0, 0.1) is 0 Å². The lowest BCUT2D eigenvalue weighted by molar-refractivity contribution is 0.350. The van der Waals surface area contributed by atoms with Gasteiger partial charge in [-0.05, 0) is 18.2 Å². The summed E-state index contributed by atoms with van der Waals surface area (Å²) in [4.78, 5) is 5.29. The van der Waals surface area contributed by atoms with Crippen LogP contribution in [-0.4, -0.2) is 24.3 Å². The van der Waals surface area contributed by atoms with Crippen molar-refractivity contribution >= 4 is 11.8 Å². The molecule has 0 unspecified atom stereocenters. The Labute approximate surface area is 116 Å². The third-order valence-electron chi connectivity index (χ3n) is 2.56. The van der Waals surface area contributed by atoms with Crippen molar-refractivity contribution in [3.8, 4) is 17.2 Å². The molecule has 1 aromatic carbocycles. The Hall–Kier alpha value is -1.88. The minimum Gasteiger partial charge on any atom is -0.508 e. The number of ether oxygens (including phenoxy) is 2. The van der Waals surface area contributed by atoms with E-state index in [2.05, 4.69) is 4.98 Å². The lowest BCUT2D eigenvalue weighted by Gasteiger charge is -2.11. The van der Waals surface area contributed by atoms with Crippen LogP contribution in [-0.2, 0) is 5.75 Å². The van der Waals surface area contributed by atoms with Gasteiger partial charge in [-0.1, -0.05) is 6.07 Å². The highest BCUT2D eigenvalue weighted by atomic mass is 32.2. The highest BCUT2D eigenvalue weighted by molar-refractivity contribution is 7.98. The Morgan fingerprint density at radius 1 is 1.21 bits per heavy atom. The Bertz CT molecular complexity index is 560. The van der Waals surface area contributed by atoms with Crippen molar-refractivity contribution in [3.63, 3.8) is 0 Å². The number of methoxy groups -OCH3 is 2. The predicted molar refractivity (Wildman–Crippen MR) is 75.0 cm³/mol. The highest BCUT2D eigenvalue weighted by Gasteiger charge is 2.11. The Balaban J connectivity index is 2.15. The van der Waals surface area contributed by atoms with Crippen LogP contribution in [0.3, 0.4) is 0 Å². The van der Waals surface area contributed by atoms with E-state index in [9.17, 15) is 5.11 Å². The van der Waals surface area contributed by atoms with Crippen LogP contribution in [0.4, 0.5) is 0 Å². The van der Waals surface area contributed by atoms with Crippen LogP contribution in [0.5, 0.6) is 17.2 Å². The third kappa shape index (κ3) is 3.32. The number of hydrogen-bond acceptors (Lipinski definition) is 5. The van der Waals surface area contributed by atoms with Crippen molar-refractivity contribution in [3.05, 3.63) is 42.2 Å². The van der Waals surface area contributed by atoms with Gasteiger partial charge in [0.15, 0.2) is 11.5 Å². The predicted octanol–water partition coefficient (Wildman–Crippen LogP) is 3.10. The van der Waals surface area contributed by atoms with Gasteiger partial charge < -0.3 is 14.6 Å². The van der Waals surface area contributed by atoms with E-state index in [4.69, 9.17) is 9.47 Å².